The minimum Gasteiger partial charge on any atom is -0.443 e. The molecule has 0 radical (unpaired) electrons. The number of rotatable bonds is 12. The molecule has 0 unspecified atom stereocenters. The van der Waals surface area contributed by atoms with E-state index < -0.39 is 42.9 Å². The molecule has 1 aromatic heterocycles. The SMILES string of the molecule is CC(C)c1[nH]nc(O[C@@H]2O[C@H](CO)[C@H](O)[C@H](O)[C@H]2O)c1Cc1ccc(CCCC(=O)NC(C)(C)C(=O)N2CCN(C)CC2)cc1. The highest BCUT2D eigenvalue weighted by molar-refractivity contribution is 5.90. The lowest BCUT2D eigenvalue weighted by molar-refractivity contribution is -0.278. The number of nitrogens with zero attached hydrogens (tertiary/aromatic N) is 3. The number of aliphatic hydroxyl groups is 4. The molecule has 0 bridgehead atoms. The molecule has 1 aromatic carbocycles. The number of H-pyrrole nitrogens is 1. The molecule has 6 N–H and O–H groups in total. The van der Waals surface area contributed by atoms with Crippen LogP contribution in [-0.2, 0) is 27.2 Å². The van der Waals surface area contributed by atoms with Gasteiger partial charge in [0.05, 0.1) is 6.61 Å². The van der Waals surface area contributed by atoms with Crippen molar-refractivity contribution in [2.24, 2.45) is 0 Å². The third kappa shape index (κ3) is 8.60. The van der Waals surface area contributed by atoms with Gasteiger partial charge >= 0.3 is 0 Å². The molecule has 2 aliphatic rings. The molecular formula is C32H49N5O8. The number of amides is 2. The lowest BCUT2D eigenvalue weighted by Crippen LogP contribution is -2.60. The van der Waals surface area contributed by atoms with E-state index in [4.69, 9.17) is 9.47 Å². The molecule has 0 spiro atoms. The summed E-state index contributed by atoms with van der Waals surface area (Å²) in [5.74, 6) is 0.0887. The molecule has 250 valence electrons. The van der Waals surface area contributed by atoms with Crippen molar-refractivity contribution in [1.29, 1.82) is 0 Å². The summed E-state index contributed by atoms with van der Waals surface area (Å²) in [5.41, 5.74) is 2.72. The van der Waals surface area contributed by atoms with E-state index in [9.17, 15) is 30.0 Å². The van der Waals surface area contributed by atoms with Crippen LogP contribution in [0.2, 0.25) is 0 Å². The molecule has 2 amide bonds. The number of piperazine rings is 1. The zero-order valence-corrected chi connectivity index (χ0v) is 26.9. The van der Waals surface area contributed by atoms with E-state index in [-0.39, 0.29) is 23.6 Å². The molecule has 2 saturated heterocycles. The van der Waals surface area contributed by atoms with Crippen molar-refractivity contribution in [1.82, 2.24) is 25.3 Å². The van der Waals surface area contributed by atoms with Gasteiger partial charge in [0.1, 0.15) is 30.0 Å². The maximum atomic E-state index is 13.0. The number of ether oxygens (including phenoxy) is 2. The van der Waals surface area contributed by atoms with Crippen LogP contribution in [0, 0.1) is 0 Å². The van der Waals surface area contributed by atoms with Crippen molar-refractivity contribution in [3.05, 3.63) is 46.6 Å². The van der Waals surface area contributed by atoms with E-state index in [0.717, 1.165) is 35.5 Å². The van der Waals surface area contributed by atoms with E-state index in [1.807, 2.05) is 50.1 Å². The first-order valence-electron chi connectivity index (χ1n) is 15.7. The van der Waals surface area contributed by atoms with Crippen LogP contribution in [-0.4, -0.2) is 128 Å². The summed E-state index contributed by atoms with van der Waals surface area (Å²) < 4.78 is 11.4. The van der Waals surface area contributed by atoms with Crippen molar-refractivity contribution in [2.45, 2.75) is 95.5 Å². The summed E-state index contributed by atoms with van der Waals surface area (Å²) in [5, 5.41) is 50.4. The lowest BCUT2D eigenvalue weighted by atomic mass is 9.97. The third-order valence-electron chi connectivity index (χ3n) is 8.56. The van der Waals surface area contributed by atoms with Gasteiger partial charge in [-0.2, -0.15) is 0 Å². The Labute approximate surface area is 264 Å². The molecule has 0 saturated carbocycles. The van der Waals surface area contributed by atoms with Gasteiger partial charge < -0.3 is 45.0 Å². The maximum Gasteiger partial charge on any atom is 0.247 e. The van der Waals surface area contributed by atoms with E-state index in [2.05, 4.69) is 20.4 Å². The third-order valence-corrected chi connectivity index (χ3v) is 8.56. The number of aromatic nitrogens is 2. The van der Waals surface area contributed by atoms with Crippen LogP contribution in [0.4, 0.5) is 0 Å². The maximum absolute atomic E-state index is 13.0. The average molecular weight is 632 g/mol. The van der Waals surface area contributed by atoms with Crippen LogP contribution in [0.1, 0.15) is 68.8 Å². The first kappa shape index (κ1) is 34.8. The fourth-order valence-corrected chi connectivity index (χ4v) is 5.73. The molecule has 4 rings (SSSR count). The van der Waals surface area contributed by atoms with Crippen LogP contribution in [0.15, 0.2) is 24.3 Å². The number of carbonyl (C=O) groups is 2. The van der Waals surface area contributed by atoms with E-state index in [0.29, 0.717) is 38.8 Å². The number of hydrogen-bond acceptors (Lipinski definition) is 10. The van der Waals surface area contributed by atoms with Crippen molar-refractivity contribution in [3.8, 4) is 5.88 Å². The monoisotopic (exact) mass is 631 g/mol. The topological polar surface area (TPSA) is 181 Å². The fourth-order valence-electron chi connectivity index (χ4n) is 5.73. The summed E-state index contributed by atoms with van der Waals surface area (Å²) in [6, 6.07) is 8.03. The van der Waals surface area contributed by atoms with Crippen LogP contribution in [0.25, 0.3) is 0 Å². The van der Waals surface area contributed by atoms with Gasteiger partial charge in [0.15, 0.2) is 0 Å². The number of aryl methyl sites for hydroxylation is 1. The highest BCUT2D eigenvalue weighted by Crippen LogP contribution is 2.31. The van der Waals surface area contributed by atoms with Crippen LogP contribution in [0.5, 0.6) is 5.88 Å². The first-order chi connectivity index (χ1) is 21.3. The highest BCUT2D eigenvalue weighted by Gasteiger charge is 2.45. The van der Waals surface area contributed by atoms with E-state index >= 15 is 0 Å². The summed E-state index contributed by atoms with van der Waals surface area (Å²) >= 11 is 0. The highest BCUT2D eigenvalue weighted by atomic mass is 16.7. The average Bonchev–Trinajstić information content (AvgIpc) is 3.40. The minimum absolute atomic E-state index is 0.0560. The molecule has 3 heterocycles. The zero-order chi connectivity index (χ0) is 32.9. The number of likely N-dealkylation sites (N-methyl/N-ethyl adjacent to an activating group) is 1. The second kappa shape index (κ2) is 15.0. The largest absolute Gasteiger partial charge is 0.443 e. The Balaban J connectivity index is 1.32. The predicted octanol–water partition coefficient (Wildman–Crippen LogP) is 0.294. The lowest BCUT2D eigenvalue weighted by Gasteiger charge is -2.39. The summed E-state index contributed by atoms with van der Waals surface area (Å²) in [6.07, 6.45) is -4.88. The smallest absolute Gasteiger partial charge is 0.247 e. The predicted molar refractivity (Wildman–Crippen MR) is 166 cm³/mol. The number of aliphatic hydroxyl groups excluding tert-OH is 4. The Morgan fingerprint density at radius 1 is 1.07 bits per heavy atom. The Morgan fingerprint density at radius 3 is 2.33 bits per heavy atom. The molecule has 2 fully saturated rings. The molecule has 2 aromatic rings. The Bertz CT molecular complexity index is 1270. The Morgan fingerprint density at radius 2 is 1.71 bits per heavy atom. The Hall–Kier alpha value is -3.07. The van der Waals surface area contributed by atoms with Gasteiger partial charge in [-0.25, -0.2) is 0 Å². The van der Waals surface area contributed by atoms with Gasteiger partial charge in [0.25, 0.3) is 0 Å². The number of benzene rings is 1. The Kier molecular flexibility index (Phi) is 11.6. The van der Waals surface area contributed by atoms with E-state index in [1.54, 1.807) is 13.8 Å². The van der Waals surface area contributed by atoms with Crippen LogP contribution >= 0.6 is 0 Å². The summed E-state index contributed by atoms with van der Waals surface area (Å²) in [7, 11) is 2.03. The minimum atomic E-state index is -1.55. The second-order valence-electron chi connectivity index (χ2n) is 13.0. The number of carbonyl (C=O) groups excluding carboxylic acids is 2. The molecule has 5 atom stereocenters. The van der Waals surface area contributed by atoms with Crippen molar-refractivity contribution < 1.29 is 39.5 Å². The zero-order valence-electron chi connectivity index (χ0n) is 26.9. The van der Waals surface area contributed by atoms with Gasteiger partial charge in [0.2, 0.25) is 24.0 Å². The second-order valence-corrected chi connectivity index (χ2v) is 13.0. The van der Waals surface area contributed by atoms with Gasteiger partial charge in [0, 0.05) is 50.3 Å². The van der Waals surface area contributed by atoms with Crippen LogP contribution < -0.4 is 10.1 Å². The van der Waals surface area contributed by atoms with Crippen molar-refractivity contribution >= 4 is 11.8 Å². The normalized spacial score (nSPS) is 24.6. The number of aromatic amines is 1. The number of nitrogens with one attached hydrogen (secondary N) is 2. The summed E-state index contributed by atoms with van der Waals surface area (Å²) in [4.78, 5) is 29.7. The molecule has 13 heteroatoms. The van der Waals surface area contributed by atoms with Gasteiger partial charge in [-0.05, 0) is 50.8 Å². The molecule has 0 aliphatic carbocycles. The molecule has 13 nitrogen and oxygen atoms in total. The molecular weight excluding hydrogens is 582 g/mol. The van der Waals surface area contributed by atoms with Crippen LogP contribution in [0.3, 0.4) is 0 Å². The van der Waals surface area contributed by atoms with Crippen molar-refractivity contribution in [2.75, 3.05) is 39.8 Å². The standard InChI is InChI=1S/C32H49N5O8/c1-19(2)25-22(29(35-34-25)45-30-28(42)27(41)26(40)23(18-38)44-30)17-21-11-9-20(10-12-21)7-6-8-24(39)33-32(3,4)31(43)37-15-13-36(5)14-16-37/h9-12,19,23,26-28,30,38,40-42H,6-8,13-18H2,1-5H3,(H,33,39)(H,34,35)/t23-,26+,27+,28-,30+/m1/s1. The molecule has 45 heavy (non-hydrogen) atoms. The first-order valence-corrected chi connectivity index (χ1v) is 15.7. The van der Waals surface area contributed by atoms with Crippen molar-refractivity contribution in [3.63, 3.8) is 0 Å². The quantitative estimate of drug-likeness (QED) is 0.191. The molecule has 2 aliphatic heterocycles. The summed E-state index contributed by atoms with van der Waals surface area (Å²) in [6.45, 7) is 9.97. The van der Waals surface area contributed by atoms with E-state index in [1.165, 1.54) is 0 Å². The van der Waals surface area contributed by atoms with Gasteiger partial charge in [-0.1, -0.05) is 38.1 Å². The fraction of sp³-hybridized carbons (Fsp3) is 0.656. The van der Waals surface area contributed by atoms with Gasteiger partial charge in [-0.3, -0.25) is 14.7 Å². The van der Waals surface area contributed by atoms with Gasteiger partial charge in [-0.15, -0.1) is 5.10 Å². The number of hydrogen-bond donors (Lipinski definition) is 6.